The highest BCUT2D eigenvalue weighted by molar-refractivity contribution is 7.87. The third kappa shape index (κ3) is 3.64. The first kappa shape index (κ1) is 16.9. The minimum atomic E-state index is -4.80. The van der Waals surface area contributed by atoms with Crippen molar-refractivity contribution in [2.75, 3.05) is 11.4 Å². The first-order chi connectivity index (χ1) is 9.99. The lowest BCUT2D eigenvalue weighted by atomic mass is 10.2. The summed E-state index contributed by atoms with van der Waals surface area (Å²) in [6.45, 7) is 4.84. The maximum absolute atomic E-state index is 13.1. The molecule has 1 saturated heterocycles. The van der Waals surface area contributed by atoms with Crippen LogP contribution in [0.25, 0.3) is 0 Å². The number of esters is 1. The molecule has 122 valence electrons. The van der Waals surface area contributed by atoms with Crippen molar-refractivity contribution in [3.05, 3.63) is 17.0 Å². The van der Waals surface area contributed by atoms with Gasteiger partial charge in [-0.15, -0.1) is 15.2 Å². The largest absolute Gasteiger partial charge is 0.456 e. The van der Waals surface area contributed by atoms with E-state index in [4.69, 9.17) is 4.74 Å². The summed E-state index contributed by atoms with van der Waals surface area (Å²) in [6, 6.07) is 1.50. The molecular formula is C13H16FNO5S2. The van der Waals surface area contributed by atoms with Gasteiger partial charge in [-0.3, -0.25) is 4.79 Å². The number of carbonyl (C=O) groups excluding carboxylic acids is 2. The molecule has 0 aromatic carbocycles. The van der Waals surface area contributed by atoms with Gasteiger partial charge in [0.05, 0.1) is 5.56 Å². The highest BCUT2D eigenvalue weighted by Gasteiger charge is 2.41. The lowest BCUT2D eigenvalue weighted by Crippen LogP contribution is -2.29. The van der Waals surface area contributed by atoms with Gasteiger partial charge in [-0.1, -0.05) is 0 Å². The lowest BCUT2D eigenvalue weighted by molar-refractivity contribution is -0.117. The van der Waals surface area contributed by atoms with Crippen LogP contribution in [0.2, 0.25) is 0 Å². The van der Waals surface area contributed by atoms with E-state index in [0.717, 1.165) is 16.2 Å². The molecule has 1 fully saturated rings. The number of ether oxygens (including phenoxy) is 1. The molecule has 1 aromatic heterocycles. The van der Waals surface area contributed by atoms with Crippen molar-refractivity contribution < 1.29 is 26.6 Å². The topological polar surface area (TPSA) is 80.8 Å². The zero-order valence-electron chi connectivity index (χ0n) is 12.3. The number of rotatable bonds is 3. The van der Waals surface area contributed by atoms with E-state index in [2.05, 4.69) is 0 Å². The molecule has 0 saturated carbocycles. The van der Waals surface area contributed by atoms with E-state index in [0.29, 0.717) is 0 Å². The molecule has 1 atom stereocenters. The highest BCUT2D eigenvalue weighted by Crippen LogP contribution is 2.34. The van der Waals surface area contributed by atoms with Crippen molar-refractivity contribution in [2.24, 2.45) is 0 Å². The van der Waals surface area contributed by atoms with Crippen molar-refractivity contribution in [1.29, 1.82) is 0 Å². The van der Waals surface area contributed by atoms with Gasteiger partial charge in [-0.2, -0.15) is 8.42 Å². The maximum atomic E-state index is 13.1. The summed E-state index contributed by atoms with van der Waals surface area (Å²) >= 11 is 1.10. The Hall–Kier alpha value is -1.48. The third-order valence-electron chi connectivity index (χ3n) is 3.00. The third-order valence-corrected chi connectivity index (χ3v) is 5.04. The van der Waals surface area contributed by atoms with Crippen LogP contribution in [0.3, 0.4) is 0 Å². The van der Waals surface area contributed by atoms with Crippen LogP contribution in [0.4, 0.5) is 8.89 Å². The summed E-state index contributed by atoms with van der Waals surface area (Å²) in [5.74, 6) is -1.14. The fourth-order valence-electron chi connectivity index (χ4n) is 2.06. The summed E-state index contributed by atoms with van der Waals surface area (Å²) in [5.41, 5.74) is -0.527. The van der Waals surface area contributed by atoms with E-state index >= 15 is 0 Å². The van der Waals surface area contributed by atoms with Crippen molar-refractivity contribution in [3.8, 4) is 0 Å². The van der Waals surface area contributed by atoms with Crippen LogP contribution in [0.1, 0.15) is 37.6 Å². The van der Waals surface area contributed by atoms with Crippen molar-refractivity contribution >= 4 is 38.4 Å². The molecule has 2 rings (SSSR count). The van der Waals surface area contributed by atoms with Gasteiger partial charge in [0.1, 0.15) is 15.9 Å². The predicted molar refractivity (Wildman–Crippen MR) is 80.3 cm³/mol. The Morgan fingerprint density at radius 2 is 2.09 bits per heavy atom. The van der Waals surface area contributed by atoms with Gasteiger partial charge in [0.15, 0.2) is 0 Å². The molecule has 0 radical (unpaired) electrons. The van der Waals surface area contributed by atoms with E-state index in [1.807, 2.05) is 0 Å². The average Bonchev–Trinajstić information content (AvgIpc) is 2.90. The molecule has 2 heterocycles. The second-order valence-corrected chi connectivity index (χ2v) is 8.46. The van der Waals surface area contributed by atoms with Gasteiger partial charge < -0.3 is 9.64 Å². The average molecular weight is 349 g/mol. The number of nitrogens with zero attached hydrogens (tertiary/aromatic N) is 1. The molecule has 1 aromatic rings. The van der Waals surface area contributed by atoms with Crippen LogP contribution in [0.15, 0.2) is 11.4 Å². The Morgan fingerprint density at radius 3 is 2.59 bits per heavy atom. The van der Waals surface area contributed by atoms with E-state index < -0.39 is 39.4 Å². The van der Waals surface area contributed by atoms with E-state index in [1.165, 1.54) is 6.07 Å². The molecule has 1 aliphatic heterocycles. The Balaban J connectivity index is 2.27. The van der Waals surface area contributed by atoms with Crippen LogP contribution in [0.5, 0.6) is 0 Å². The first-order valence-corrected chi connectivity index (χ1v) is 8.86. The van der Waals surface area contributed by atoms with Crippen LogP contribution >= 0.6 is 11.3 Å². The molecule has 6 nitrogen and oxygen atoms in total. The molecule has 0 bridgehead atoms. The molecule has 0 aliphatic carbocycles. The van der Waals surface area contributed by atoms with Gasteiger partial charge in [-0.05, 0) is 32.2 Å². The number of amides is 1. The van der Waals surface area contributed by atoms with Gasteiger partial charge >= 0.3 is 16.2 Å². The Morgan fingerprint density at radius 1 is 1.45 bits per heavy atom. The number of anilines is 1. The van der Waals surface area contributed by atoms with E-state index in [9.17, 15) is 21.9 Å². The minimum absolute atomic E-state index is 0.171. The first-order valence-electron chi connectivity index (χ1n) is 6.54. The van der Waals surface area contributed by atoms with Gasteiger partial charge in [0.25, 0.3) is 0 Å². The zero-order chi connectivity index (χ0) is 16.7. The quantitative estimate of drug-likeness (QED) is 0.617. The summed E-state index contributed by atoms with van der Waals surface area (Å²) in [6.07, 6.45) is -0.426. The van der Waals surface area contributed by atoms with E-state index in [1.54, 1.807) is 26.2 Å². The van der Waals surface area contributed by atoms with Crippen LogP contribution in [-0.4, -0.2) is 37.7 Å². The van der Waals surface area contributed by atoms with E-state index in [-0.39, 0.29) is 17.1 Å². The maximum Gasteiger partial charge on any atom is 0.341 e. The molecule has 22 heavy (non-hydrogen) atoms. The Labute approximate surface area is 132 Å². The predicted octanol–water partition coefficient (Wildman–Crippen LogP) is 2.11. The Kier molecular flexibility index (Phi) is 4.31. The highest BCUT2D eigenvalue weighted by atomic mass is 32.3. The second-order valence-electron chi connectivity index (χ2n) is 5.95. The number of halogens is 1. The second kappa shape index (κ2) is 5.62. The molecule has 1 unspecified atom stereocenters. The van der Waals surface area contributed by atoms with Crippen molar-refractivity contribution in [1.82, 2.24) is 0 Å². The standard InChI is InChI=1S/C13H16FNO5S2/c1-13(2,3)20-12(17)9-4-5-21-11(9)15-7-8(6-10(15)16)22(14,18)19/h4-5,8H,6-7H2,1-3H3. The molecule has 0 N–H and O–H groups in total. The zero-order valence-corrected chi connectivity index (χ0v) is 14.0. The summed E-state index contributed by atoms with van der Waals surface area (Å²) in [5, 5.41) is 0.484. The molecule has 1 amide bonds. The van der Waals surface area contributed by atoms with Crippen LogP contribution in [-0.2, 0) is 19.8 Å². The lowest BCUT2D eigenvalue weighted by Gasteiger charge is -2.21. The summed E-state index contributed by atoms with van der Waals surface area (Å²) < 4.78 is 40.3. The normalized spacial score (nSPS) is 19.5. The fourth-order valence-corrected chi connectivity index (χ4v) is 3.64. The van der Waals surface area contributed by atoms with Gasteiger partial charge in [0, 0.05) is 13.0 Å². The monoisotopic (exact) mass is 349 g/mol. The molecule has 9 heteroatoms. The minimum Gasteiger partial charge on any atom is -0.456 e. The summed E-state index contributed by atoms with van der Waals surface area (Å²) in [4.78, 5) is 25.2. The van der Waals surface area contributed by atoms with Gasteiger partial charge in [-0.25, -0.2) is 4.79 Å². The number of hydrogen-bond acceptors (Lipinski definition) is 6. The van der Waals surface area contributed by atoms with Crippen LogP contribution < -0.4 is 4.90 Å². The summed E-state index contributed by atoms with van der Waals surface area (Å²) in [7, 11) is -4.80. The smallest absolute Gasteiger partial charge is 0.341 e. The number of hydrogen-bond donors (Lipinski definition) is 0. The van der Waals surface area contributed by atoms with Gasteiger partial charge in [0.2, 0.25) is 5.91 Å². The fraction of sp³-hybridized carbons (Fsp3) is 0.538. The SMILES string of the molecule is CC(C)(C)OC(=O)c1ccsc1N1CC(S(=O)(=O)F)CC1=O. The molecule has 0 spiro atoms. The molecular weight excluding hydrogens is 333 g/mol. The number of thiophene rings is 1. The Bertz CT molecular complexity index is 704. The van der Waals surface area contributed by atoms with Crippen molar-refractivity contribution in [2.45, 2.75) is 38.0 Å². The van der Waals surface area contributed by atoms with Crippen LogP contribution in [0, 0.1) is 0 Å². The van der Waals surface area contributed by atoms with Crippen molar-refractivity contribution in [3.63, 3.8) is 0 Å². The molecule has 1 aliphatic rings. The number of carbonyl (C=O) groups is 2.